The SMILES string of the molecule is CC(C)(C)C.CC(C)(C)C.CC(C)C.CC(C)C.CC(C)C.CC(C)C.CC(C)C.CC(C)C.c1cc2cncnc2cn1.c1cc2ncncc2cn1.c1cnc2cccnc2c1.c1cnc2ccncc2c1.c1cnc2cnccc2c1.c1cnc2cncnc2c1.c1cnc2ncccc2c1.c1cnc2ncncc2c1. The van der Waals surface area contributed by atoms with Crippen LogP contribution in [0.25, 0.3) is 87.7 Å². The van der Waals surface area contributed by atoms with Crippen LogP contribution >= 0.6 is 0 Å². The molecule has 0 aromatic carbocycles. The quantitative estimate of drug-likeness (QED) is 0.137. The molecule has 0 radical (unpaired) electrons. The third-order valence-electron chi connectivity index (χ3n) is 10.7. The second kappa shape index (κ2) is 59.9. The van der Waals surface area contributed by atoms with Crippen LogP contribution in [0.2, 0.25) is 0 Å². The molecule has 0 saturated carbocycles. The van der Waals surface area contributed by atoms with Gasteiger partial charge in [0.2, 0.25) is 0 Å². The number of fused-ring (bicyclic) bond motifs is 8. The minimum absolute atomic E-state index is 0.500. The summed E-state index contributed by atoms with van der Waals surface area (Å²) in [7, 11) is 0. The molecule has 0 atom stereocenters. The number of nitrogens with zero attached hydrogens (tertiary/aromatic N) is 20. The van der Waals surface area contributed by atoms with Gasteiger partial charge in [-0.3, -0.25) is 44.9 Å². The Hall–Kier alpha value is -11.8. The third-order valence-corrected chi connectivity index (χ3v) is 10.7. The van der Waals surface area contributed by atoms with E-state index in [4.69, 9.17) is 0 Å². The fourth-order valence-electron chi connectivity index (χ4n) is 6.93. The summed E-state index contributed by atoms with van der Waals surface area (Å²) in [5, 5.41) is 6.29. The van der Waals surface area contributed by atoms with Crippen LogP contribution in [0.4, 0.5) is 0 Å². The van der Waals surface area contributed by atoms with E-state index in [9.17, 15) is 0 Å². The van der Waals surface area contributed by atoms with Crippen molar-refractivity contribution in [1.82, 2.24) is 99.7 Å². The topological polar surface area (TPSA) is 258 Å². The number of hydrogen-bond acceptors (Lipinski definition) is 20. The summed E-state index contributed by atoms with van der Waals surface area (Å²) in [6.07, 6.45) is 41.0. The second-order valence-corrected chi connectivity index (χ2v) is 32.4. The Morgan fingerprint density at radius 2 is 0.404 bits per heavy atom. The first-order chi connectivity index (χ1) is 54.1. The Morgan fingerprint density at radius 1 is 0.175 bits per heavy atom. The average molecular weight is 1540 g/mol. The smallest absolute Gasteiger partial charge is 0.162 e. The molecule has 0 aliphatic carbocycles. The van der Waals surface area contributed by atoms with Crippen LogP contribution in [-0.2, 0) is 0 Å². The molecule has 20 heteroatoms. The fourth-order valence-corrected chi connectivity index (χ4v) is 6.93. The number of rotatable bonds is 0. The molecule has 16 heterocycles. The molecule has 0 aliphatic rings. The highest BCUT2D eigenvalue weighted by Gasteiger charge is 1.98. The van der Waals surface area contributed by atoms with Crippen molar-refractivity contribution in [3.63, 3.8) is 0 Å². The van der Waals surface area contributed by atoms with E-state index >= 15 is 0 Å². The van der Waals surface area contributed by atoms with Gasteiger partial charge in [-0.25, -0.2) is 54.8 Å². The molecule has 0 aliphatic heterocycles. The van der Waals surface area contributed by atoms with Gasteiger partial charge in [-0.1, -0.05) is 186 Å². The van der Waals surface area contributed by atoms with Crippen LogP contribution in [-0.4, -0.2) is 99.7 Å². The molecular weight excluding hydrogens is 1410 g/mol. The van der Waals surface area contributed by atoms with Crippen LogP contribution in [0.3, 0.4) is 0 Å². The van der Waals surface area contributed by atoms with E-state index < -0.39 is 0 Å². The van der Waals surface area contributed by atoms with Gasteiger partial charge in [-0.05, 0) is 162 Å². The molecule has 16 rings (SSSR count). The molecule has 0 spiro atoms. The van der Waals surface area contributed by atoms with E-state index in [0.29, 0.717) is 10.8 Å². The Morgan fingerprint density at radius 3 is 0.789 bits per heavy atom. The van der Waals surface area contributed by atoms with Crippen LogP contribution in [0, 0.1) is 46.3 Å². The van der Waals surface area contributed by atoms with Gasteiger partial charge in [0.05, 0.1) is 57.2 Å². The largest absolute Gasteiger partial charge is 0.264 e. The molecule has 0 amide bonds. The molecule has 0 unspecified atom stereocenters. The van der Waals surface area contributed by atoms with Gasteiger partial charge in [0, 0.05) is 138 Å². The van der Waals surface area contributed by atoms with Crippen molar-refractivity contribution in [3.8, 4) is 0 Å². The maximum absolute atomic E-state index is 4.14. The van der Waals surface area contributed by atoms with Crippen molar-refractivity contribution < 1.29 is 0 Å². The summed E-state index contributed by atoms with van der Waals surface area (Å²) in [6, 6.07) is 38.5. The summed E-state index contributed by atoms with van der Waals surface area (Å²) in [5.41, 5.74) is 9.95. The summed E-state index contributed by atoms with van der Waals surface area (Å²) in [6.45, 7) is 56.5. The average Bonchev–Trinajstić information content (AvgIpc) is 0.933. The van der Waals surface area contributed by atoms with E-state index in [2.05, 4.69) is 280 Å². The van der Waals surface area contributed by atoms with Gasteiger partial charge < -0.3 is 0 Å². The highest BCUT2D eigenvalue weighted by atomic mass is 14.9. The van der Waals surface area contributed by atoms with E-state index in [0.717, 1.165) is 123 Å². The van der Waals surface area contributed by atoms with Gasteiger partial charge in [-0.15, -0.1) is 0 Å². The first kappa shape index (κ1) is 100. The molecule has 114 heavy (non-hydrogen) atoms. The number of aromatic nitrogens is 20. The molecule has 604 valence electrons. The molecular formula is C94H128N20. The van der Waals surface area contributed by atoms with E-state index in [-0.39, 0.29) is 0 Å². The molecule has 0 bridgehead atoms. The first-order valence-electron chi connectivity index (χ1n) is 38.7. The van der Waals surface area contributed by atoms with Crippen LogP contribution in [0.15, 0.2) is 271 Å². The van der Waals surface area contributed by atoms with Gasteiger partial charge in [-0.2, -0.15) is 0 Å². The number of pyridine rings is 12. The minimum Gasteiger partial charge on any atom is -0.264 e. The van der Waals surface area contributed by atoms with Gasteiger partial charge in [0.25, 0.3) is 0 Å². The van der Waals surface area contributed by atoms with Crippen molar-refractivity contribution in [3.05, 3.63) is 271 Å². The Labute approximate surface area is 680 Å². The van der Waals surface area contributed by atoms with E-state index in [1.165, 1.54) is 25.3 Å². The van der Waals surface area contributed by atoms with Crippen molar-refractivity contribution in [2.24, 2.45) is 46.3 Å². The zero-order chi connectivity index (χ0) is 85.0. The van der Waals surface area contributed by atoms with Gasteiger partial charge >= 0.3 is 0 Å². The highest BCUT2D eigenvalue weighted by molar-refractivity contribution is 5.79. The summed E-state index contributed by atoms with van der Waals surface area (Å²) in [5.74, 6) is 5.00. The van der Waals surface area contributed by atoms with Crippen molar-refractivity contribution >= 4 is 87.7 Å². The fraction of sp³-hybridized carbons (Fsp3) is 0.362. The minimum atomic E-state index is 0.500. The maximum Gasteiger partial charge on any atom is 0.162 e. The zero-order valence-corrected chi connectivity index (χ0v) is 72.8. The van der Waals surface area contributed by atoms with Crippen molar-refractivity contribution in [1.29, 1.82) is 0 Å². The lowest BCUT2D eigenvalue weighted by Gasteiger charge is -2.05. The predicted octanol–water partition coefficient (Wildman–Crippen LogP) is 24.7. The lowest BCUT2D eigenvalue weighted by Crippen LogP contribution is -1.93. The lowest BCUT2D eigenvalue weighted by atomic mass is 10.0. The molecule has 0 N–H and O–H groups in total. The number of hydrogen-bond donors (Lipinski definition) is 0. The standard InChI is InChI=1S/4C8H6N2.4C7H5N3.2C5H12.6C4H10/c1-3-7-8(9-5-1)4-2-6-10-7;1-3-7-4-2-6-10-8(7)9-5-1;1-2-7-6-9-5-3-8(7)10-4-1;1-2-7-3-5-9-6-8(7)10-4-1;1-2-8-3-6-4-9-5-10-7(1)6;1-2-8-4-7-6(1)3-9-5-10-7;1-2-6-7(9-3-1)4-8-5-10-6;1-2-6-4-8-5-10-7(6)9-3-1;2*1-5(2,3)4;6*1-4(2)3/h4*1-6H;4*1-5H;2*1-4H3;6*4H,1-3H3. The van der Waals surface area contributed by atoms with E-state index in [1.54, 1.807) is 118 Å². The molecule has 16 aromatic rings. The Balaban J connectivity index is 0.000000617. The summed E-state index contributed by atoms with van der Waals surface area (Å²) < 4.78 is 0. The zero-order valence-electron chi connectivity index (χ0n) is 72.8. The molecule has 16 aromatic heterocycles. The molecule has 20 nitrogen and oxygen atoms in total. The van der Waals surface area contributed by atoms with Crippen LogP contribution in [0.5, 0.6) is 0 Å². The monoisotopic (exact) mass is 1540 g/mol. The lowest BCUT2D eigenvalue weighted by molar-refractivity contribution is 0.469. The van der Waals surface area contributed by atoms with Gasteiger partial charge in [0.15, 0.2) is 11.3 Å². The Kier molecular flexibility index (Phi) is 52.7. The van der Waals surface area contributed by atoms with Gasteiger partial charge in [0.1, 0.15) is 30.8 Å². The normalized spacial score (nSPS) is 9.96. The third kappa shape index (κ3) is 56.4. The first-order valence-corrected chi connectivity index (χ1v) is 38.7. The van der Waals surface area contributed by atoms with E-state index in [1.807, 2.05) is 128 Å². The second-order valence-electron chi connectivity index (χ2n) is 32.4. The predicted molar refractivity (Wildman–Crippen MR) is 481 cm³/mol. The highest BCUT2D eigenvalue weighted by Crippen LogP contribution is 2.12. The summed E-state index contributed by atoms with van der Waals surface area (Å²) >= 11 is 0. The molecule has 0 saturated heterocycles. The van der Waals surface area contributed by atoms with Crippen LogP contribution in [0.1, 0.15) is 180 Å². The van der Waals surface area contributed by atoms with Crippen LogP contribution < -0.4 is 0 Å². The summed E-state index contributed by atoms with van der Waals surface area (Å²) in [4.78, 5) is 79.9. The Bertz CT molecular complexity index is 3560. The molecule has 0 fully saturated rings. The van der Waals surface area contributed by atoms with Crippen molar-refractivity contribution in [2.45, 2.75) is 180 Å². The maximum atomic E-state index is 4.14. The van der Waals surface area contributed by atoms with Crippen molar-refractivity contribution in [2.75, 3.05) is 0 Å².